The van der Waals surface area contributed by atoms with E-state index in [1.807, 2.05) is 0 Å². The number of hydrogen-bond acceptors (Lipinski definition) is 3. The Kier molecular flexibility index (Phi) is 5.63. The van der Waals surface area contributed by atoms with Crippen LogP contribution in [0.1, 0.15) is 29.6 Å². The topological polar surface area (TPSA) is 64.3 Å². The molecule has 3 N–H and O–H groups in total. The lowest BCUT2D eigenvalue weighted by molar-refractivity contribution is 0.0938. The molecule has 1 saturated carbocycles. The van der Waals surface area contributed by atoms with Crippen LogP contribution in [0.3, 0.4) is 0 Å². The Hall–Kier alpha value is -1.26. The number of ether oxygens (including phenoxy) is 1. The predicted octanol–water partition coefficient (Wildman–Crippen LogP) is 2.24. The molecule has 1 aliphatic carbocycles. The molecular formula is C14H21ClN2O2. The summed E-state index contributed by atoms with van der Waals surface area (Å²) in [6.07, 6.45) is 3.38. The van der Waals surface area contributed by atoms with Crippen molar-refractivity contribution in [2.45, 2.75) is 19.3 Å². The van der Waals surface area contributed by atoms with Crippen LogP contribution in [-0.4, -0.2) is 26.2 Å². The van der Waals surface area contributed by atoms with E-state index in [-0.39, 0.29) is 23.7 Å². The molecule has 0 heterocycles. The number of rotatable bonds is 6. The molecule has 1 fully saturated rings. The molecule has 1 aromatic carbocycles. The lowest BCUT2D eigenvalue weighted by Gasteiger charge is -2.15. The Balaban J connectivity index is 0.00000180. The van der Waals surface area contributed by atoms with Gasteiger partial charge in [-0.25, -0.2) is 0 Å². The summed E-state index contributed by atoms with van der Waals surface area (Å²) in [5.41, 5.74) is 7.20. The molecule has 0 atom stereocenters. The van der Waals surface area contributed by atoms with Gasteiger partial charge in [0, 0.05) is 31.5 Å². The fraction of sp³-hybridized carbons (Fsp3) is 0.500. The summed E-state index contributed by atoms with van der Waals surface area (Å²) in [7, 11) is 1.71. The average Bonchev–Trinajstić information content (AvgIpc) is 3.15. The first-order valence-electron chi connectivity index (χ1n) is 6.28. The molecule has 1 aromatic rings. The molecule has 106 valence electrons. The van der Waals surface area contributed by atoms with Gasteiger partial charge in [0.2, 0.25) is 0 Å². The molecule has 0 aliphatic heterocycles. The highest BCUT2D eigenvalue weighted by Gasteiger charge is 2.42. The zero-order valence-corrected chi connectivity index (χ0v) is 12.0. The highest BCUT2D eigenvalue weighted by molar-refractivity contribution is 5.94. The van der Waals surface area contributed by atoms with Crippen molar-refractivity contribution in [3.8, 4) is 0 Å². The maximum Gasteiger partial charge on any atom is 0.251 e. The van der Waals surface area contributed by atoms with Crippen molar-refractivity contribution >= 4 is 24.0 Å². The minimum Gasteiger partial charge on any atom is -0.399 e. The SMILES string of the molecule is COCCC1(CNC(=O)c2ccc(N)cc2)CC1.Cl. The van der Waals surface area contributed by atoms with Crippen molar-refractivity contribution < 1.29 is 9.53 Å². The van der Waals surface area contributed by atoms with Crippen LogP contribution < -0.4 is 11.1 Å². The zero-order chi connectivity index (χ0) is 13.0. The lowest BCUT2D eigenvalue weighted by atomic mass is 10.0. The molecule has 0 saturated heterocycles. The van der Waals surface area contributed by atoms with Gasteiger partial charge in [-0.05, 0) is 48.9 Å². The molecule has 1 amide bonds. The number of carbonyl (C=O) groups excluding carboxylic acids is 1. The van der Waals surface area contributed by atoms with Gasteiger partial charge in [-0.2, -0.15) is 0 Å². The van der Waals surface area contributed by atoms with Crippen LogP contribution in [0.5, 0.6) is 0 Å². The smallest absolute Gasteiger partial charge is 0.251 e. The number of halogens is 1. The Morgan fingerprint density at radius 1 is 1.37 bits per heavy atom. The van der Waals surface area contributed by atoms with Gasteiger partial charge < -0.3 is 15.8 Å². The fourth-order valence-corrected chi connectivity index (χ4v) is 2.01. The second kappa shape index (κ2) is 6.78. The van der Waals surface area contributed by atoms with Crippen molar-refractivity contribution in [2.24, 2.45) is 5.41 Å². The van der Waals surface area contributed by atoms with Crippen LogP contribution in [0, 0.1) is 5.41 Å². The van der Waals surface area contributed by atoms with E-state index >= 15 is 0 Å². The molecule has 1 aliphatic rings. The molecule has 19 heavy (non-hydrogen) atoms. The Bertz CT molecular complexity index is 416. The summed E-state index contributed by atoms with van der Waals surface area (Å²) in [6, 6.07) is 6.98. The number of anilines is 1. The van der Waals surface area contributed by atoms with Crippen LogP contribution >= 0.6 is 12.4 Å². The van der Waals surface area contributed by atoms with Gasteiger partial charge >= 0.3 is 0 Å². The van der Waals surface area contributed by atoms with E-state index in [4.69, 9.17) is 10.5 Å². The Labute approximate surface area is 120 Å². The van der Waals surface area contributed by atoms with Gasteiger partial charge in [0.25, 0.3) is 5.91 Å². The second-order valence-electron chi connectivity index (χ2n) is 5.05. The summed E-state index contributed by atoms with van der Waals surface area (Å²) < 4.78 is 5.10. The van der Waals surface area contributed by atoms with Crippen molar-refractivity contribution in [1.29, 1.82) is 0 Å². The van der Waals surface area contributed by atoms with E-state index in [1.54, 1.807) is 31.4 Å². The number of benzene rings is 1. The first-order chi connectivity index (χ1) is 8.65. The van der Waals surface area contributed by atoms with E-state index in [1.165, 1.54) is 12.8 Å². The molecule has 4 nitrogen and oxygen atoms in total. The molecule has 0 aromatic heterocycles. The second-order valence-corrected chi connectivity index (χ2v) is 5.05. The van der Waals surface area contributed by atoms with Crippen LogP contribution in [-0.2, 0) is 4.74 Å². The summed E-state index contributed by atoms with van der Waals surface area (Å²) in [5, 5.41) is 2.99. The highest BCUT2D eigenvalue weighted by Crippen LogP contribution is 2.48. The van der Waals surface area contributed by atoms with Crippen LogP contribution in [0.15, 0.2) is 24.3 Å². The average molecular weight is 285 g/mol. The standard InChI is InChI=1S/C14H20N2O2.ClH/c1-18-9-8-14(6-7-14)10-16-13(17)11-2-4-12(15)5-3-11;/h2-5H,6-10,15H2,1H3,(H,16,17);1H. The fourth-order valence-electron chi connectivity index (χ4n) is 2.01. The number of nitrogens with two attached hydrogens (primary N) is 1. The van der Waals surface area contributed by atoms with Crippen molar-refractivity contribution in [3.63, 3.8) is 0 Å². The molecule has 0 unspecified atom stereocenters. The number of methoxy groups -OCH3 is 1. The Morgan fingerprint density at radius 2 is 2.00 bits per heavy atom. The summed E-state index contributed by atoms with van der Waals surface area (Å²) in [6.45, 7) is 1.50. The van der Waals surface area contributed by atoms with E-state index in [0.29, 0.717) is 11.3 Å². The molecule has 2 rings (SSSR count). The van der Waals surface area contributed by atoms with E-state index in [9.17, 15) is 4.79 Å². The molecular weight excluding hydrogens is 264 g/mol. The quantitative estimate of drug-likeness (QED) is 0.788. The maximum atomic E-state index is 11.9. The number of nitrogens with one attached hydrogen (secondary N) is 1. The van der Waals surface area contributed by atoms with E-state index < -0.39 is 0 Å². The first kappa shape index (κ1) is 15.8. The van der Waals surface area contributed by atoms with Gasteiger partial charge in [-0.15, -0.1) is 12.4 Å². The van der Waals surface area contributed by atoms with E-state index in [0.717, 1.165) is 19.6 Å². The number of amides is 1. The molecule has 0 radical (unpaired) electrons. The monoisotopic (exact) mass is 284 g/mol. The normalized spacial score (nSPS) is 15.4. The first-order valence-corrected chi connectivity index (χ1v) is 6.28. The predicted molar refractivity (Wildman–Crippen MR) is 78.6 cm³/mol. The van der Waals surface area contributed by atoms with Crippen molar-refractivity contribution in [1.82, 2.24) is 5.32 Å². The van der Waals surface area contributed by atoms with Gasteiger partial charge in [-0.1, -0.05) is 0 Å². The number of hydrogen-bond donors (Lipinski definition) is 2. The van der Waals surface area contributed by atoms with Crippen LogP contribution in [0.25, 0.3) is 0 Å². The minimum atomic E-state index is -0.0290. The number of carbonyl (C=O) groups is 1. The molecule has 0 bridgehead atoms. The third-order valence-corrected chi connectivity index (χ3v) is 3.59. The lowest BCUT2D eigenvalue weighted by Crippen LogP contribution is -2.30. The minimum absolute atomic E-state index is 0. The van der Waals surface area contributed by atoms with Crippen molar-refractivity contribution in [2.75, 3.05) is 26.0 Å². The Morgan fingerprint density at radius 3 is 2.53 bits per heavy atom. The molecule has 0 spiro atoms. The largest absolute Gasteiger partial charge is 0.399 e. The third kappa shape index (κ3) is 4.40. The molecule has 5 heteroatoms. The summed E-state index contributed by atoms with van der Waals surface area (Å²) >= 11 is 0. The van der Waals surface area contributed by atoms with Gasteiger partial charge in [0.1, 0.15) is 0 Å². The highest BCUT2D eigenvalue weighted by atomic mass is 35.5. The van der Waals surface area contributed by atoms with Crippen LogP contribution in [0.2, 0.25) is 0 Å². The van der Waals surface area contributed by atoms with Gasteiger partial charge in [-0.3, -0.25) is 4.79 Å². The summed E-state index contributed by atoms with van der Waals surface area (Å²) in [4.78, 5) is 11.9. The van der Waals surface area contributed by atoms with Crippen molar-refractivity contribution in [3.05, 3.63) is 29.8 Å². The summed E-state index contributed by atoms with van der Waals surface area (Å²) in [5.74, 6) is -0.0290. The third-order valence-electron chi connectivity index (χ3n) is 3.59. The van der Waals surface area contributed by atoms with Gasteiger partial charge in [0.05, 0.1) is 0 Å². The van der Waals surface area contributed by atoms with Gasteiger partial charge in [0.15, 0.2) is 0 Å². The van der Waals surface area contributed by atoms with E-state index in [2.05, 4.69) is 5.32 Å². The van der Waals surface area contributed by atoms with Crippen LogP contribution in [0.4, 0.5) is 5.69 Å². The zero-order valence-electron chi connectivity index (χ0n) is 11.1. The maximum absolute atomic E-state index is 11.9. The number of nitrogen functional groups attached to an aromatic ring is 1.